The molecule has 7 nitrogen and oxygen atoms in total. The zero-order chi connectivity index (χ0) is 21.9. The summed E-state index contributed by atoms with van der Waals surface area (Å²) >= 11 is 0. The average Bonchev–Trinajstić information content (AvgIpc) is 3.13. The quantitative estimate of drug-likeness (QED) is 0.716. The molecule has 2 fully saturated rings. The van der Waals surface area contributed by atoms with Crippen LogP contribution < -0.4 is 11.2 Å². The average molecular weight is 432 g/mol. The Morgan fingerprint density at radius 2 is 1.77 bits per heavy atom. The summed E-state index contributed by atoms with van der Waals surface area (Å²) in [5.74, 6) is 0.143. The van der Waals surface area contributed by atoms with Crippen LogP contribution in [0.4, 0.5) is 0 Å². The van der Waals surface area contributed by atoms with Crippen LogP contribution in [0.15, 0.2) is 18.3 Å². The summed E-state index contributed by atoms with van der Waals surface area (Å²) in [6.07, 6.45) is 3.23. The molecule has 4 rings (SSSR count). The molecule has 1 amide bonds. The van der Waals surface area contributed by atoms with E-state index in [1.54, 1.807) is 0 Å². The van der Waals surface area contributed by atoms with Gasteiger partial charge in [-0.1, -0.05) is 12.1 Å². The Hall–Kier alpha value is -1.84. The Morgan fingerprint density at radius 3 is 2.33 bits per heavy atom. The van der Waals surface area contributed by atoms with Crippen molar-refractivity contribution in [1.82, 2.24) is 4.98 Å². The fourth-order valence-corrected chi connectivity index (χ4v) is 5.83. The number of rotatable bonds is 4. The number of fused-ring (bicyclic) bond motifs is 1. The Labute approximate surface area is 177 Å². The van der Waals surface area contributed by atoms with E-state index in [-0.39, 0.29) is 23.8 Å². The molecule has 0 spiro atoms. The van der Waals surface area contributed by atoms with Crippen LogP contribution in [0.25, 0.3) is 10.9 Å². The molecule has 0 bridgehead atoms. The van der Waals surface area contributed by atoms with E-state index in [4.69, 9.17) is 15.0 Å². The third kappa shape index (κ3) is 3.78. The highest BCUT2D eigenvalue weighted by Gasteiger charge is 2.51. The normalized spacial score (nSPS) is 23.1. The van der Waals surface area contributed by atoms with E-state index in [2.05, 4.69) is 4.98 Å². The van der Waals surface area contributed by atoms with Gasteiger partial charge in [0.25, 0.3) is 0 Å². The largest absolute Gasteiger partial charge is 0.494 e. The maximum absolute atomic E-state index is 11.9. The first-order valence-electron chi connectivity index (χ1n) is 10.4. The standard InChI is InChI=1S/C21H29BN2O5S/c1-20(2)21(3,4)29-22(28-20)15-9-14(10-18(23)25)19-16(11-15)17(12-24-19)13-5-7-30(26,27)8-6-13/h9,11-13,24H,5-8,10H2,1-4H3,(H2,23,25). The van der Waals surface area contributed by atoms with Gasteiger partial charge in [-0.15, -0.1) is 0 Å². The number of H-pyrrole nitrogens is 1. The number of carbonyl (C=O) groups excluding carboxylic acids is 1. The predicted octanol–water partition coefficient (Wildman–Crippen LogP) is 1.79. The second-order valence-corrected chi connectivity index (χ2v) is 11.8. The molecule has 9 heteroatoms. The SMILES string of the molecule is CC1(C)OB(c2cc(CC(N)=O)c3[nH]cc(C4CCS(=O)(=O)CC4)c3c2)OC1(C)C. The van der Waals surface area contributed by atoms with Crippen LogP contribution in [0.5, 0.6) is 0 Å². The number of hydrogen-bond acceptors (Lipinski definition) is 5. The van der Waals surface area contributed by atoms with Crippen molar-refractivity contribution >= 4 is 39.2 Å². The topological polar surface area (TPSA) is 111 Å². The number of benzene rings is 1. The third-order valence-corrected chi connectivity index (χ3v) is 8.53. The molecule has 2 aliphatic heterocycles. The van der Waals surface area contributed by atoms with Crippen LogP contribution >= 0.6 is 0 Å². The molecule has 0 atom stereocenters. The molecule has 162 valence electrons. The second-order valence-electron chi connectivity index (χ2n) is 9.50. The monoisotopic (exact) mass is 432 g/mol. The van der Waals surface area contributed by atoms with Crippen molar-refractivity contribution in [2.75, 3.05) is 11.5 Å². The van der Waals surface area contributed by atoms with Crippen LogP contribution in [0.3, 0.4) is 0 Å². The molecule has 2 saturated heterocycles. The van der Waals surface area contributed by atoms with Gasteiger partial charge in [-0.05, 0) is 63.0 Å². The lowest BCUT2D eigenvalue weighted by molar-refractivity contribution is -0.117. The van der Waals surface area contributed by atoms with E-state index in [1.807, 2.05) is 46.0 Å². The molecule has 3 heterocycles. The zero-order valence-electron chi connectivity index (χ0n) is 17.9. The fraction of sp³-hybridized carbons (Fsp3) is 0.571. The van der Waals surface area contributed by atoms with Gasteiger partial charge in [0.2, 0.25) is 5.91 Å². The lowest BCUT2D eigenvalue weighted by Crippen LogP contribution is -2.41. The number of sulfone groups is 1. The Balaban J connectivity index is 1.78. The van der Waals surface area contributed by atoms with Crippen LogP contribution in [0.1, 0.15) is 57.6 Å². The molecule has 2 aliphatic rings. The molecule has 0 aliphatic carbocycles. The summed E-state index contributed by atoms with van der Waals surface area (Å²) in [4.78, 5) is 15.0. The van der Waals surface area contributed by atoms with Gasteiger partial charge in [-0.25, -0.2) is 8.42 Å². The number of nitrogens with one attached hydrogen (secondary N) is 1. The predicted molar refractivity (Wildman–Crippen MR) is 118 cm³/mol. The first-order chi connectivity index (χ1) is 13.9. The molecule has 1 aromatic heterocycles. The Bertz CT molecular complexity index is 1080. The molecular formula is C21H29BN2O5S. The third-order valence-electron chi connectivity index (χ3n) is 6.81. The highest BCUT2D eigenvalue weighted by Crippen LogP contribution is 2.38. The van der Waals surface area contributed by atoms with Gasteiger partial charge in [0, 0.05) is 17.1 Å². The maximum Gasteiger partial charge on any atom is 0.494 e. The van der Waals surface area contributed by atoms with Crippen LogP contribution in [0.2, 0.25) is 0 Å². The van der Waals surface area contributed by atoms with Crippen molar-refractivity contribution < 1.29 is 22.5 Å². The lowest BCUT2D eigenvalue weighted by atomic mass is 9.76. The van der Waals surface area contributed by atoms with Gasteiger partial charge >= 0.3 is 7.12 Å². The summed E-state index contributed by atoms with van der Waals surface area (Å²) in [5, 5.41) is 0.975. The van der Waals surface area contributed by atoms with E-state index in [9.17, 15) is 13.2 Å². The van der Waals surface area contributed by atoms with E-state index in [0.29, 0.717) is 12.8 Å². The first-order valence-corrected chi connectivity index (χ1v) is 12.2. The molecular weight excluding hydrogens is 403 g/mol. The van der Waals surface area contributed by atoms with Crippen molar-refractivity contribution in [3.05, 3.63) is 29.5 Å². The van der Waals surface area contributed by atoms with Crippen LogP contribution in [-0.2, 0) is 30.4 Å². The lowest BCUT2D eigenvalue weighted by Gasteiger charge is -2.32. The van der Waals surface area contributed by atoms with Gasteiger partial charge < -0.3 is 20.0 Å². The van der Waals surface area contributed by atoms with Crippen molar-refractivity contribution in [3.63, 3.8) is 0 Å². The van der Waals surface area contributed by atoms with E-state index >= 15 is 0 Å². The highest BCUT2D eigenvalue weighted by atomic mass is 32.2. The van der Waals surface area contributed by atoms with E-state index < -0.39 is 34.1 Å². The number of amides is 1. The summed E-state index contributed by atoms with van der Waals surface area (Å²) in [6, 6.07) is 3.96. The highest BCUT2D eigenvalue weighted by molar-refractivity contribution is 7.91. The summed E-state index contributed by atoms with van der Waals surface area (Å²) in [7, 11) is -3.50. The van der Waals surface area contributed by atoms with Crippen molar-refractivity contribution in [2.24, 2.45) is 5.73 Å². The molecule has 0 saturated carbocycles. The smallest absolute Gasteiger partial charge is 0.399 e. The number of aromatic amines is 1. The van der Waals surface area contributed by atoms with Gasteiger partial charge in [0.05, 0.1) is 29.1 Å². The second kappa shape index (κ2) is 7.10. The number of aromatic nitrogens is 1. The molecule has 3 N–H and O–H groups in total. The van der Waals surface area contributed by atoms with Gasteiger partial charge in [0.15, 0.2) is 0 Å². The summed E-state index contributed by atoms with van der Waals surface area (Å²) < 4.78 is 36.2. The van der Waals surface area contributed by atoms with Crippen molar-refractivity contribution in [1.29, 1.82) is 0 Å². The van der Waals surface area contributed by atoms with Gasteiger partial charge in [0.1, 0.15) is 9.84 Å². The summed E-state index contributed by atoms with van der Waals surface area (Å²) in [5.41, 5.74) is 8.11. The molecule has 0 radical (unpaired) electrons. The number of hydrogen-bond donors (Lipinski definition) is 2. The first kappa shape index (κ1) is 21.4. The summed E-state index contributed by atoms with van der Waals surface area (Å²) in [6.45, 7) is 8.00. The van der Waals surface area contributed by atoms with E-state index in [0.717, 1.165) is 27.5 Å². The zero-order valence-corrected chi connectivity index (χ0v) is 18.8. The number of carbonyl (C=O) groups is 1. The minimum Gasteiger partial charge on any atom is -0.399 e. The Kier molecular flexibility index (Phi) is 5.07. The molecule has 2 aromatic rings. The van der Waals surface area contributed by atoms with E-state index in [1.165, 1.54) is 0 Å². The van der Waals surface area contributed by atoms with Crippen LogP contribution in [0, 0.1) is 0 Å². The molecule has 0 unspecified atom stereocenters. The van der Waals surface area contributed by atoms with Gasteiger partial charge in [-0.3, -0.25) is 4.79 Å². The molecule has 1 aromatic carbocycles. The number of primary amides is 1. The van der Waals surface area contributed by atoms with Gasteiger partial charge in [-0.2, -0.15) is 0 Å². The Morgan fingerprint density at radius 1 is 1.17 bits per heavy atom. The van der Waals surface area contributed by atoms with Crippen LogP contribution in [-0.4, -0.2) is 49.1 Å². The minimum atomic E-state index is -2.94. The minimum absolute atomic E-state index is 0.100. The van der Waals surface area contributed by atoms with Crippen molar-refractivity contribution in [3.8, 4) is 0 Å². The maximum atomic E-state index is 11.9. The fourth-order valence-electron chi connectivity index (χ4n) is 4.33. The number of nitrogens with two attached hydrogens (primary N) is 1. The molecule has 30 heavy (non-hydrogen) atoms. The van der Waals surface area contributed by atoms with Crippen molar-refractivity contribution in [2.45, 2.75) is 64.1 Å².